The van der Waals surface area contributed by atoms with Gasteiger partial charge in [0, 0.05) is 25.4 Å². The van der Waals surface area contributed by atoms with Crippen LogP contribution < -0.4 is 0 Å². The quantitative estimate of drug-likeness (QED) is 0.671. The van der Waals surface area contributed by atoms with Crippen molar-refractivity contribution in [3.8, 4) is 0 Å². The fourth-order valence-electron chi connectivity index (χ4n) is 3.46. The van der Waals surface area contributed by atoms with Crippen LogP contribution in [0.4, 0.5) is 0 Å². The van der Waals surface area contributed by atoms with E-state index in [-0.39, 0.29) is 11.9 Å². The van der Waals surface area contributed by atoms with E-state index in [1.165, 1.54) is 0 Å². The van der Waals surface area contributed by atoms with Crippen molar-refractivity contribution in [2.75, 3.05) is 19.7 Å². The molecule has 2 fully saturated rings. The topological polar surface area (TPSA) is 85.5 Å². The second-order valence-electron chi connectivity index (χ2n) is 7.81. The Morgan fingerprint density at radius 3 is 2.75 bits per heavy atom. The van der Waals surface area contributed by atoms with Gasteiger partial charge in [-0.2, -0.15) is 9.29 Å². The summed E-state index contributed by atoms with van der Waals surface area (Å²) in [7, 11) is -3.34. The molecule has 1 aromatic carbocycles. The summed E-state index contributed by atoms with van der Waals surface area (Å²) < 4.78 is 38.3. The smallest absolute Gasteiger partial charge is 0.229 e. The summed E-state index contributed by atoms with van der Waals surface area (Å²) in [6.07, 6.45) is 4.45. The van der Waals surface area contributed by atoms with Crippen molar-refractivity contribution < 1.29 is 17.7 Å². The summed E-state index contributed by atoms with van der Waals surface area (Å²) in [5, 5.41) is 3.99. The second-order valence-corrected chi connectivity index (χ2v) is 9.78. The number of ether oxygens (including phenoxy) is 1. The van der Waals surface area contributed by atoms with Gasteiger partial charge in [-0.3, -0.25) is 0 Å². The van der Waals surface area contributed by atoms with Crippen molar-refractivity contribution >= 4 is 10.0 Å². The summed E-state index contributed by atoms with van der Waals surface area (Å²) in [5.41, 5.74) is 1.94. The Bertz CT molecular complexity index is 890. The number of hydrogen-bond donors (Lipinski definition) is 0. The number of piperidine rings is 1. The Hall–Kier alpha value is -1.77. The molecule has 0 radical (unpaired) electrons. The first-order chi connectivity index (χ1) is 13.5. The first-order valence-corrected chi connectivity index (χ1v) is 11.6. The Morgan fingerprint density at radius 2 is 2.00 bits per heavy atom. The molecular weight excluding hydrogens is 378 g/mol. The third-order valence-corrected chi connectivity index (χ3v) is 7.11. The number of benzene rings is 1. The van der Waals surface area contributed by atoms with Gasteiger partial charge in [0.2, 0.25) is 15.9 Å². The third-order valence-electron chi connectivity index (χ3n) is 5.29. The van der Waals surface area contributed by atoms with E-state index in [4.69, 9.17) is 9.26 Å². The van der Waals surface area contributed by atoms with Crippen LogP contribution in [-0.2, 0) is 26.9 Å². The Balaban J connectivity index is 1.27. The van der Waals surface area contributed by atoms with Crippen LogP contribution in [0, 0.1) is 6.92 Å². The van der Waals surface area contributed by atoms with Gasteiger partial charge in [0.05, 0.1) is 18.5 Å². The molecule has 2 aliphatic rings. The summed E-state index contributed by atoms with van der Waals surface area (Å²) in [6, 6.07) is 7.65. The SMILES string of the molecule is Cc1ccc(CS(=O)(=O)N2CCCC(OCCc3noc(C4CC4)n3)C2)cc1. The zero-order chi connectivity index (χ0) is 19.6. The molecule has 1 saturated carbocycles. The lowest BCUT2D eigenvalue weighted by molar-refractivity contribution is 0.0198. The van der Waals surface area contributed by atoms with E-state index < -0.39 is 10.0 Å². The van der Waals surface area contributed by atoms with Crippen LogP contribution in [0.5, 0.6) is 0 Å². The van der Waals surface area contributed by atoms with Crippen molar-refractivity contribution in [1.82, 2.24) is 14.4 Å². The fourth-order valence-corrected chi connectivity index (χ4v) is 5.06. The molecule has 2 aromatic rings. The standard InChI is InChI=1S/C20H27N3O4S/c1-15-4-6-16(7-5-15)14-28(24,25)23-11-2-3-18(13-23)26-12-10-19-21-20(27-22-19)17-8-9-17/h4-7,17-18H,2-3,8-14H2,1H3. The molecule has 0 amide bonds. The highest BCUT2D eigenvalue weighted by atomic mass is 32.2. The highest BCUT2D eigenvalue weighted by Crippen LogP contribution is 2.38. The average molecular weight is 406 g/mol. The molecule has 1 aliphatic heterocycles. The van der Waals surface area contributed by atoms with Gasteiger partial charge < -0.3 is 9.26 Å². The monoisotopic (exact) mass is 405 g/mol. The molecule has 28 heavy (non-hydrogen) atoms. The molecule has 1 aromatic heterocycles. The largest absolute Gasteiger partial charge is 0.376 e. The summed E-state index contributed by atoms with van der Waals surface area (Å²) >= 11 is 0. The lowest BCUT2D eigenvalue weighted by atomic mass is 10.1. The van der Waals surface area contributed by atoms with Crippen molar-refractivity contribution in [3.63, 3.8) is 0 Å². The number of aryl methyl sites for hydroxylation is 1. The summed E-state index contributed by atoms with van der Waals surface area (Å²) in [5.74, 6) is 1.89. The van der Waals surface area contributed by atoms with Crippen LogP contribution in [0.3, 0.4) is 0 Å². The first kappa shape index (κ1) is 19.5. The van der Waals surface area contributed by atoms with Crippen molar-refractivity contribution in [3.05, 3.63) is 47.1 Å². The third kappa shape index (κ3) is 4.98. The van der Waals surface area contributed by atoms with Crippen LogP contribution in [0.15, 0.2) is 28.8 Å². The zero-order valence-electron chi connectivity index (χ0n) is 16.2. The molecule has 2 heterocycles. The minimum absolute atomic E-state index is 0.0345. The maximum atomic E-state index is 12.8. The van der Waals surface area contributed by atoms with Gasteiger partial charge in [-0.25, -0.2) is 8.42 Å². The predicted octanol–water partition coefficient (Wildman–Crippen LogP) is 2.81. The number of nitrogens with zero attached hydrogens (tertiary/aromatic N) is 3. The number of rotatable bonds is 8. The predicted molar refractivity (Wildman–Crippen MR) is 104 cm³/mol. The highest BCUT2D eigenvalue weighted by molar-refractivity contribution is 7.88. The number of sulfonamides is 1. The first-order valence-electron chi connectivity index (χ1n) is 9.97. The summed E-state index contributed by atoms with van der Waals surface area (Å²) in [4.78, 5) is 4.40. The Morgan fingerprint density at radius 1 is 1.21 bits per heavy atom. The van der Waals surface area contributed by atoms with E-state index in [1.807, 2.05) is 31.2 Å². The molecule has 4 rings (SSSR count). The fraction of sp³-hybridized carbons (Fsp3) is 0.600. The van der Waals surface area contributed by atoms with Gasteiger partial charge in [0.1, 0.15) is 0 Å². The van der Waals surface area contributed by atoms with E-state index >= 15 is 0 Å². The molecule has 152 valence electrons. The van der Waals surface area contributed by atoms with E-state index in [1.54, 1.807) is 4.31 Å². The number of aromatic nitrogens is 2. The van der Waals surface area contributed by atoms with Crippen molar-refractivity contribution in [2.24, 2.45) is 0 Å². The normalized spacial score (nSPS) is 21.1. The van der Waals surface area contributed by atoms with Crippen LogP contribution in [0.1, 0.15) is 54.4 Å². The molecule has 7 nitrogen and oxygen atoms in total. The molecule has 1 unspecified atom stereocenters. The van der Waals surface area contributed by atoms with Gasteiger partial charge in [-0.15, -0.1) is 0 Å². The second kappa shape index (κ2) is 8.31. The van der Waals surface area contributed by atoms with Gasteiger partial charge >= 0.3 is 0 Å². The van der Waals surface area contributed by atoms with E-state index in [9.17, 15) is 8.42 Å². The summed E-state index contributed by atoms with van der Waals surface area (Å²) in [6.45, 7) is 3.43. The zero-order valence-corrected chi connectivity index (χ0v) is 17.0. The Kier molecular flexibility index (Phi) is 5.80. The molecule has 1 saturated heterocycles. The molecule has 1 atom stereocenters. The molecule has 0 bridgehead atoms. The Labute approximate surface area is 166 Å². The van der Waals surface area contributed by atoms with Crippen molar-refractivity contribution in [2.45, 2.75) is 56.8 Å². The molecule has 0 N–H and O–H groups in total. The van der Waals surface area contributed by atoms with Crippen molar-refractivity contribution in [1.29, 1.82) is 0 Å². The minimum atomic E-state index is -3.34. The van der Waals surface area contributed by atoms with Gasteiger partial charge in [-0.05, 0) is 38.2 Å². The van der Waals surface area contributed by atoms with Crippen LogP contribution in [0.25, 0.3) is 0 Å². The molecule has 0 spiro atoms. The van der Waals surface area contributed by atoms with Gasteiger partial charge in [0.25, 0.3) is 0 Å². The maximum absolute atomic E-state index is 12.8. The van der Waals surface area contributed by atoms with Gasteiger partial charge in [-0.1, -0.05) is 35.0 Å². The lowest BCUT2D eigenvalue weighted by Crippen LogP contribution is -2.43. The average Bonchev–Trinajstić information content (AvgIpc) is 3.43. The molecular formula is C20H27N3O4S. The molecule has 8 heteroatoms. The van der Waals surface area contributed by atoms with E-state index in [0.717, 1.165) is 42.7 Å². The van der Waals surface area contributed by atoms with Crippen LogP contribution in [-0.4, -0.2) is 48.7 Å². The number of hydrogen-bond acceptors (Lipinski definition) is 6. The van der Waals surface area contributed by atoms with Crippen LogP contribution >= 0.6 is 0 Å². The maximum Gasteiger partial charge on any atom is 0.229 e. The van der Waals surface area contributed by atoms with Crippen LogP contribution in [0.2, 0.25) is 0 Å². The van der Waals surface area contributed by atoms with E-state index in [0.29, 0.717) is 37.9 Å². The molecule has 1 aliphatic carbocycles. The minimum Gasteiger partial charge on any atom is -0.376 e. The lowest BCUT2D eigenvalue weighted by Gasteiger charge is -2.31. The highest BCUT2D eigenvalue weighted by Gasteiger charge is 2.31. The van der Waals surface area contributed by atoms with E-state index in [2.05, 4.69) is 10.1 Å². The van der Waals surface area contributed by atoms with Gasteiger partial charge in [0.15, 0.2) is 5.82 Å².